The van der Waals surface area contributed by atoms with Crippen molar-refractivity contribution in [2.24, 2.45) is 4.99 Å². The molecule has 0 fully saturated rings. The fourth-order valence-electron chi connectivity index (χ4n) is 2.20. The normalized spacial score (nSPS) is 14.9. The average molecular weight is 418 g/mol. The van der Waals surface area contributed by atoms with E-state index in [2.05, 4.69) is 20.9 Å². The van der Waals surface area contributed by atoms with Crippen LogP contribution >= 0.6 is 15.9 Å². The summed E-state index contributed by atoms with van der Waals surface area (Å²) >= 11 is 3.29. The van der Waals surface area contributed by atoms with Crippen LogP contribution in [0.5, 0.6) is 0 Å². The molecule has 0 atom stereocenters. The van der Waals surface area contributed by atoms with Crippen molar-refractivity contribution < 1.29 is 19.4 Å². The summed E-state index contributed by atoms with van der Waals surface area (Å²) in [6.45, 7) is 0. The first-order chi connectivity index (χ1) is 12.3. The van der Waals surface area contributed by atoms with Gasteiger partial charge in [-0.15, -0.1) is 0 Å². The van der Waals surface area contributed by atoms with Crippen molar-refractivity contribution in [3.8, 4) is 0 Å². The van der Waals surface area contributed by atoms with Crippen molar-refractivity contribution in [3.05, 3.63) is 84.0 Å². The number of carbonyl (C=O) groups is 1. The molecule has 0 radical (unpaired) electrons. The smallest absolute Gasteiger partial charge is 0.363 e. The lowest BCUT2D eigenvalue weighted by atomic mass is 10.1. The van der Waals surface area contributed by atoms with Crippen LogP contribution in [0.4, 0.5) is 11.4 Å². The molecule has 3 rings (SSSR count). The summed E-state index contributed by atoms with van der Waals surface area (Å²) in [4.78, 5) is 36.5. The zero-order valence-electron chi connectivity index (χ0n) is 12.8. The highest BCUT2D eigenvalue weighted by Gasteiger charge is 2.26. The van der Waals surface area contributed by atoms with Gasteiger partial charge >= 0.3 is 5.97 Å². The SMILES string of the molecule is O=C1OC(c2ccc(Br)cc2)=N/C1=C/c1ccc([N+](=O)[O-])cc1[N+](=O)[O-]. The summed E-state index contributed by atoms with van der Waals surface area (Å²) in [6, 6.07) is 9.98. The molecule has 0 amide bonds. The molecule has 0 saturated carbocycles. The molecular formula is C16H8BrN3O6. The van der Waals surface area contributed by atoms with Crippen molar-refractivity contribution in [2.45, 2.75) is 0 Å². The molecule has 0 bridgehead atoms. The number of rotatable bonds is 4. The van der Waals surface area contributed by atoms with Crippen molar-refractivity contribution >= 4 is 45.2 Å². The Balaban J connectivity index is 2.01. The fraction of sp³-hybridized carbons (Fsp3) is 0. The summed E-state index contributed by atoms with van der Waals surface area (Å²) in [7, 11) is 0. The number of carbonyl (C=O) groups excluding carboxylic acids is 1. The van der Waals surface area contributed by atoms with Gasteiger partial charge in [0.25, 0.3) is 11.4 Å². The standard InChI is InChI=1S/C16H8BrN3O6/c17-11-4-1-9(2-5-11)15-18-13(16(21)26-15)7-10-3-6-12(19(22)23)8-14(10)20(24)25/h1-8H/b13-7+. The zero-order chi connectivity index (χ0) is 18.8. The minimum absolute atomic E-state index is 0.00774. The van der Waals surface area contributed by atoms with Gasteiger partial charge in [-0.05, 0) is 36.4 Å². The van der Waals surface area contributed by atoms with E-state index in [9.17, 15) is 25.0 Å². The quantitative estimate of drug-likeness (QED) is 0.323. The molecule has 130 valence electrons. The lowest BCUT2D eigenvalue weighted by molar-refractivity contribution is -0.394. The van der Waals surface area contributed by atoms with E-state index in [1.54, 1.807) is 24.3 Å². The van der Waals surface area contributed by atoms with E-state index in [-0.39, 0.29) is 17.2 Å². The summed E-state index contributed by atoms with van der Waals surface area (Å²) in [5.74, 6) is -0.700. The van der Waals surface area contributed by atoms with Gasteiger partial charge in [0.1, 0.15) is 0 Å². The van der Waals surface area contributed by atoms with E-state index in [0.29, 0.717) is 5.56 Å². The molecule has 9 nitrogen and oxygen atoms in total. The minimum Gasteiger partial charge on any atom is -0.402 e. The van der Waals surface area contributed by atoms with Crippen molar-refractivity contribution in [3.63, 3.8) is 0 Å². The number of esters is 1. The number of benzene rings is 2. The first-order valence-corrected chi connectivity index (χ1v) is 7.86. The predicted molar refractivity (Wildman–Crippen MR) is 94.5 cm³/mol. The number of ether oxygens (including phenoxy) is 1. The molecule has 0 N–H and O–H groups in total. The second-order valence-corrected chi connectivity index (χ2v) is 6.02. The van der Waals surface area contributed by atoms with Crippen LogP contribution in [0.3, 0.4) is 0 Å². The Bertz CT molecular complexity index is 998. The Kier molecular flexibility index (Phi) is 4.59. The molecule has 2 aromatic carbocycles. The number of nitrogens with zero attached hydrogens (tertiary/aromatic N) is 3. The molecular weight excluding hydrogens is 410 g/mol. The first-order valence-electron chi connectivity index (χ1n) is 7.06. The third-order valence-electron chi connectivity index (χ3n) is 3.43. The number of hydrogen-bond donors (Lipinski definition) is 0. The first kappa shape index (κ1) is 17.4. The molecule has 10 heteroatoms. The number of non-ortho nitro benzene ring substituents is 1. The van der Waals surface area contributed by atoms with Gasteiger partial charge in [0.05, 0.1) is 21.5 Å². The van der Waals surface area contributed by atoms with Crippen molar-refractivity contribution in [2.75, 3.05) is 0 Å². The number of nitro benzene ring substituents is 2. The monoisotopic (exact) mass is 417 g/mol. The van der Waals surface area contributed by atoms with Gasteiger partial charge in [0, 0.05) is 16.1 Å². The van der Waals surface area contributed by atoms with Gasteiger partial charge in [0.2, 0.25) is 5.90 Å². The summed E-state index contributed by atoms with van der Waals surface area (Å²) < 4.78 is 5.92. The zero-order valence-corrected chi connectivity index (χ0v) is 14.4. The highest BCUT2D eigenvalue weighted by molar-refractivity contribution is 9.10. The van der Waals surface area contributed by atoms with Gasteiger partial charge in [-0.2, -0.15) is 0 Å². The highest BCUT2D eigenvalue weighted by Crippen LogP contribution is 2.28. The van der Waals surface area contributed by atoms with Crippen LogP contribution in [0.1, 0.15) is 11.1 Å². The molecule has 0 unspecified atom stereocenters. The maximum absolute atomic E-state index is 12.0. The Morgan fingerprint density at radius 3 is 2.35 bits per heavy atom. The number of halogens is 1. The maximum Gasteiger partial charge on any atom is 0.363 e. The molecule has 2 aromatic rings. The van der Waals surface area contributed by atoms with Crippen molar-refractivity contribution in [1.29, 1.82) is 0 Å². The molecule has 0 saturated heterocycles. The van der Waals surface area contributed by atoms with E-state index in [0.717, 1.165) is 22.7 Å². The van der Waals surface area contributed by atoms with Gasteiger partial charge in [0.15, 0.2) is 5.70 Å². The minimum atomic E-state index is -0.768. The molecule has 1 heterocycles. The molecule has 0 spiro atoms. The van der Waals surface area contributed by atoms with Crippen LogP contribution in [0, 0.1) is 20.2 Å². The van der Waals surface area contributed by atoms with Gasteiger partial charge in [-0.1, -0.05) is 15.9 Å². The number of cyclic esters (lactones) is 1. The van der Waals surface area contributed by atoms with Crippen LogP contribution < -0.4 is 0 Å². The van der Waals surface area contributed by atoms with E-state index in [4.69, 9.17) is 4.74 Å². The second kappa shape index (κ2) is 6.84. The summed E-state index contributed by atoms with van der Waals surface area (Å²) in [5, 5.41) is 21.9. The van der Waals surface area contributed by atoms with Crippen LogP contribution in [0.25, 0.3) is 6.08 Å². The molecule has 1 aliphatic rings. The third kappa shape index (κ3) is 3.49. The van der Waals surface area contributed by atoms with Crippen LogP contribution in [-0.2, 0) is 9.53 Å². The topological polar surface area (TPSA) is 125 Å². The molecule has 1 aliphatic heterocycles. The van der Waals surface area contributed by atoms with E-state index in [1.165, 1.54) is 6.07 Å². The Hall–Kier alpha value is -3.40. The number of aliphatic imine (C=N–C) groups is 1. The number of nitro groups is 2. The van der Waals surface area contributed by atoms with Crippen LogP contribution in [0.2, 0.25) is 0 Å². The molecule has 0 aliphatic carbocycles. The van der Waals surface area contributed by atoms with Gasteiger partial charge in [-0.25, -0.2) is 9.79 Å². The molecule has 0 aromatic heterocycles. The Morgan fingerprint density at radius 1 is 1.04 bits per heavy atom. The van der Waals surface area contributed by atoms with Crippen molar-refractivity contribution in [1.82, 2.24) is 0 Å². The van der Waals surface area contributed by atoms with E-state index in [1.807, 2.05) is 0 Å². The van der Waals surface area contributed by atoms with Gasteiger partial charge < -0.3 is 4.74 Å². The average Bonchev–Trinajstić information content (AvgIpc) is 2.96. The van der Waals surface area contributed by atoms with Gasteiger partial charge in [-0.3, -0.25) is 20.2 Å². The number of hydrogen-bond acceptors (Lipinski definition) is 7. The lowest BCUT2D eigenvalue weighted by Crippen LogP contribution is -2.05. The largest absolute Gasteiger partial charge is 0.402 e. The maximum atomic E-state index is 12.0. The summed E-state index contributed by atoms with van der Waals surface area (Å²) in [5.41, 5.74) is -0.505. The molecule has 26 heavy (non-hydrogen) atoms. The highest BCUT2D eigenvalue weighted by atomic mass is 79.9. The lowest BCUT2D eigenvalue weighted by Gasteiger charge is -1.98. The summed E-state index contributed by atoms with van der Waals surface area (Å²) in [6.07, 6.45) is 1.16. The Morgan fingerprint density at radius 2 is 1.73 bits per heavy atom. The predicted octanol–water partition coefficient (Wildman–Crippen LogP) is 3.61. The van der Waals surface area contributed by atoms with E-state index >= 15 is 0 Å². The second-order valence-electron chi connectivity index (χ2n) is 5.10. The fourth-order valence-corrected chi connectivity index (χ4v) is 2.46. The van der Waals surface area contributed by atoms with Crippen LogP contribution in [0.15, 0.2) is 57.6 Å². The van der Waals surface area contributed by atoms with E-state index < -0.39 is 27.2 Å². The van der Waals surface area contributed by atoms with Crippen LogP contribution in [-0.4, -0.2) is 21.7 Å². The third-order valence-corrected chi connectivity index (χ3v) is 3.95. The Labute approximate surface area is 154 Å².